The van der Waals surface area contributed by atoms with Crippen molar-refractivity contribution < 1.29 is 9.50 Å². The average Bonchev–Trinajstić information content (AvgIpc) is 2.20. The summed E-state index contributed by atoms with van der Waals surface area (Å²) in [4.78, 5) is 11.5. The first kappa shape index (κ1) is 12.1. The van der Waals surface area contributed by atoms with Crippen LogP contribution in [-0.4, -0.2) is 40.4 Å². The number of allylic oxidation sites excluding steroid dienone is 2. The lowest BCUT2D eigenvalue weighted by molar-refractivity contribution is -0.522. The van der Waals surface area contributed by atoms with E-state index in [0.717, 1.165) is 9.82 Å². The number of nitroso groups, excluding NO2 is 1. The molecule has 0 saturated heterocycles. The highest BCUT2D eigenvalue weighted by Crippen LogP contribution is 2.23. The van der Waals surface area contributed by atoms with Gasteiger partial charge in [0.2, 0.25) is 6.54 Å². The molecular formula is C7H10Br2N2O3. The Hall–Kier alpha value is 0.0200. The van der Waals surface area contributed by atoms with Crippen LogP contribution in [0.2, 0.25) is 0 Å². The van der Waals surface area contributed by atoms with E-state index in [2.05, 4.69) is 31.9 Å². The molecule has 1 aliphatic heterocycles. The van der Waals surface area contributed by atoms with Crippen molar-refractivity contribution >= 4 is 31.9 Å². The van der Waals surface area contributed by atoms with Gasteiger partial charge in [-0.1, -0.05) is 31.9 Å². The second-order valence-corrected chi connectivity index (χ2v) is 3.86. The highest BCUT2D eigenvalue weighted by atomic mass is 79.9. The van der Waals surface area contributed by atoms with Crippen LogP contribution in [0, 0.1) is 10.1 Å². The molecule has 0 saturated carbocycles. The molecule has 80 valence electrons. The number of ether oxygens (including phenoxy) is 1. The lowest BCUT2D eigenvalue weighted by Gasteiger charge is -2.39. The number of nitrogens with zero attached hydrogens (tertiary/aromatic N) is 2. The number of hydrogen-bond donors (Lipinski definition) is 0. The first-order valence-corrected chi connectivity index (χ1v) is 6.17. The predicted octanol–water partition coefficient (Wildman–Crippen LogP) is 1.55. The van der Waals surface area contributed by atoms with E-state index in [0.29, 0.717) is 22.1 Å². The van der Waals surface area contributed by atoms with Crippen LogP contribution in [0.25, 0.3) is 0 Å². The molecule has 14 heavy (non-hydrogen) atoms. The summed E-state index contributed by atoms with van der Waals surface area (Å²) in [5.74, 6) is 0. The molecule has 0 N–H and O–H groups in total. The topological polar surface area (TPSA) is 55.6 Å². The predicted molar refractivity (Wildman–Crippen MR) is 59.1 cm³/mol. The quantitative estimate of drug-likeness (QED) is 0.582. The van der Waals surface area contributed by atoms with E-state index in [1.165, 1.54) is 7.11 Å². The van der Waals surface area contributed by atoms with Gasteiger partial charge in [0.05, 0.1) is 11.0 Å². The van der Waals surface area contributed by atoms with Crippen molar-refractivity contribution in [1.29, 1.82) is 0 Å². The molecule has 1 rings (SSSR count). The molecule has 0 bridgehead atoms. The maximum atomic E-state index is 11.6. The fourth-order valence-electron chi connectivity index (χ4n) is 1.22. The third kappa shape index (κ3) is 2.16. The molecule has 0 aromatic carbocycles. The summed E-state index contributed by atoms with van der Waals surface area (Å²) in [5, 5.41) is 13.1. The van der Waals surface area contributed by atoms with Crippen molar-refractivity contribution in [2.45, 2.75) is 6.23 Å². The summed E-state index contributed by atoms with van der Waals surface area (Å²) >= 11 is 6.35. The largest absolute Gasteiger partial charge is 0.756 e. The van der Waals surface area contributed by atoms with Crippen molar-refractivity contribution in [2.24, 2.45) is 0 Å². The van der Waals surface area contributed by atoms with Crippen molar-refractivity contribution in [3.8, 4) is 0 Å². The van der Waals surface area contributed by atoms with Gasteiger partial charge in [0.15, 0.2) is 6.23 Å². The Kier molecular flexibility index (Phi) is 4.49. The van der Waals surface area contributed by atoms with Gasteiger partial charge in [-0.05, 0) is 0 Å². The summed E-state index contributed by atoms with van der Waals surface area (Å²) in [6.45, 7) is 0.0391. The first-order chi connectivity index (χ1) is 6.65. The van der Waals surface area contributed by atoms with Crippen molar-refractivity contribution in [2.75, 3.05) is 24.3 Å². The molecule has 0 aliphatic carbocycles. The molecule has 0 spiro atoms. The minimum atomic E-state index is -0.720. The molecule has 0 amide bonds. The summed E-state index contributed by atoms with van der Waals surface area (Å²) in [7, 11) is 1.41. The molecule has 0 fully saturated rings. The van der Waals surface area contributed by atoms with Crippen LogP contribution in [0.15, 0.2) is 11.4 Å². The van der Waals surface area contributed by atoms with Crippen LogP contribution in [0.5, 0.6) is 0 Å². The van der Waals surface area contributed by atoms with Crippen LogP contribution < -0.4 is 0 Å². The maximum absolute atomic E-state index is 11.6. The van der Waals surface area contributed by atoms with Crippen molar-refractivity contribution in [1.82, 2.24) is 5.06 Å². The van der Waals surface area contributed by atoms with Gasteiger partial charge in [0.1, 0.15) is 0 Å². The number of hydroxylamine groups is 2. The fourth-order valence-corrected chi connectivity index (χ4v) is 2.40. The smallest absolute Gasteiger partial charge is 0.262 e. The molecular weight excluding hydrogens is 320 g/mol. The van der Waals surface area contributed by atoms with Crippen LogP contribution in [0.1, 0.15) is 0 Å². The van der Waals surface area contributed by atoms with Crippen molar-refractivity contribution in [3.05, 3.63) is 21.5 Å². The van der Waals surface area contributed by atoms with E-state index in [9.17, 15) is 10.1 Å². The lowest BCUT2D eigenvalue weighted by atomic mass is 10.3. The Morgan fingerprint density at radius 1 is 1.64 bits per heavy atom. The zero-order valence-electron chi connectivity index (χ0n) is 7.57. The molecule has 5 nitrogen and oxygen atoms in total. The zero-order chi connectivity index (χ0) is 10.7. The van der Waals surface area contributed by atoms with Gasteiger partial charge in [0.25, 0.3) is 5.70 Å². The third-order valence-electron chi connectivity index (χ3n) is 2.01. The Labute approximate surface area is 98.5 Å². The molecule has 1 atom stereocenters. The molecule has 1 unspecified atom stereocenters. The number of alkyl halides is 2. The Bertz CT molecular complexity index is 270. The summed E-state index contributed by atoms with van der Waals surface area (Å²) in [6, 6.07) is 0. The molecule has 0 radical (unpaired) electrons. The highest BCUT2D eigenvalue weighted by molar-refractivity contribution is 9.09. The zero-order valence-corrected chi connectivity index (χ0v) is 10.7. The summed E-state index contributed by atoms with van der Waals surface area (Å²) in [5.41, 5.74) is 0.861. The normalized spacial score (nSPS) is 23.3. The Morgan fingerprint density at radius 3 is 2.71 bits per heavy atom. The van der Waals surface area contributed by atoms with Crippen molar-refractivity contribution in [3.63, 3.8) is 0 Å². The highest BCUT2D eigenvalue weighted by Gasteiger charge is 2.34. The lowest BCUT2D eigenvalue weighted by Crippen LogP contribution is -2.44. The van der Waals surface area contributed by atoms with Gasteiger partial charge >= 0.3 is 0 Å². The third-order valence-corrected chi connectivity index (χ3v) is 3.07. The number of halogens is 2. The molecule has 1 heterocycles. The molecule has 0 aromatic heterocycles. The molecule has 0 aromatic rings. The fraction of sp³-hybridized carbons (Fsp3) is 0.714. The van der Waals surface area contributed by atoms with Gasteiger partial charge in [-0.25, -0.2) is 0 Å². The van der Waals surface area contributed by atoms with E-state index in [1.54, 1.807) is 0 Å². The van der Waals surface area contributed by atoms with Crippen LogP contribution in [-0.2, 0) is 4.74 Å². The average molecular weight is 330 g/mol. The first-order valence-electron chi connectivity index (χ1n) is 3.93. The van der Waals surface area contributed by atoms with E-state index in [4.69, 9.17) is 4.74 Å². The van der Waals surface area contributed by atoms with Crippen LogP contribution in [0.3, 0.4) is 0 Å². The van der Waals surface area contributed by atoms with Crippen LogP contribution >= 0.6 is 31.9 Å². The van der Waals surface area contributed by atoms with Gasteiger partial charge in [-0.15, -0.1) is 0 Å². The second-order valence-electron chi connectivity index (χ2n) is 2.74. The SMILES string of the molecule is COC1C[N+](=O)C(CBr)=C(CBr)N1[O-]. The Morgan fingerprint density at radius 2 is 2.29 bits per heavy atom. The van der Waals surface area contributed by atoms with E-state index < -0.39 is 6.23 Å². The summed E-state index contributed by atoms with van der Waals surface area (Å²) in [6.07, 6.45) is -0.720. The Balaban J connectivity index is 3.02. The second kappa shape index (κ2) is 5.20. The van der Waals surface area contributed by atoms with Gasteiger partial charge in [0, 0.05) is 22.1 Å². The molecule has 1 aliphatic rings. The number of methoxy groups -OCH3 is 1. The maximum Gasteiger partial charge on any atom is 0.262 e. The van der Waals surface area contributed by atoms with Gasteiger partial charge in [-0.3, -0.25) is 0 Å². The number of rotatable bonds is 3. The monoisotopic (exact) mass is 328 g/mol. The van der Waals surface area contributed by atoms with Crippen LogP contribution in [0.4, 0.5) is 0 Å². The van der Waals surface area contributed by atoms with Gasteiger partial charge in [-0.2, -0.15) is 0 Å². The minimum Gasteiger partial charge on any atom is -0.756 e. The van der Waals surface area contributed by atoms with E-state index in [1.807, 2.05) is 0 Å². The van der Waals surface area contributed by atoms with Gasteiger partial charge < -0.3 is 15.0 Å². The van der Waals surface area contributed by atoms with E-state index in [-0.39, 0.29) is 6.54 Å². The number of hydrogen-bond acceptors (Lipinski definition) is 4. The van der Waals surface area contributed by atoms with E-state index >= 15 is 0 Å². The molecule has 7 heteroatoms. The standard InChI is InChI=1S/C7H10Br2N2O3/c1-14-7-4-10(12)5(2-8)6(3-9)11(7)13/h7H,2-4H2,1H3. The minimum absolute atomic E-state index is 0.0391. The summed E-state index contributed by atoms with van der Waals surface area (Å²) < 4.78 is 5.69.